The van der Waals surface area contributed by atoms with Gasteiger partial charge in [0.05, 0.1) is 0 Å². The first kappa shape index (κ1) is 23.1. The molecule has 0 radical (unpaired) electrons. The third-order valence-corrected chi connectivity index (χ3v) is 2.79. The predicted molar refractivity (Wildman–Crippen MR) is 69.5 cm³/mol. The number of aliphatic hydroxyl groups is 1. The molecule has 2 aliphatic carbocycles. The van der Waals surface area contributed by atoms with E-state index in [4.69, 9.17) is 18.0 Å². The van der Waals surface area contributed by atoms with Crippen LogP contribution in [0.4, 0.5) is 0 Å². The Morgan fingerprint density at radius 1 is 1.28 bits per heavy atom. The van der Waals surface area contributed by atoms with E-state index in [0.29, 0.717) is 17.6 Å². The van der Waals surface area contributed by atoms with Crippen LogP contribution >= 0.6 is 0 Å². The van der Waals surface area contributed by atoms with E-state index in [-0.39, 0.29) is 40.0 Å². The van der Waals surface area contributed by atoms with Gasteiger partial charge < -0.3 is 34.9 Å². The molecule has 0 saturated heterocycles. The van der Waals surface area contributed by atoms with Gasteiger partial charge in [0, 0.05) is 12.8 Å². The molecular formula is C14H19BrMgO2. The van der Waals surface area contributed by atoms with Crippen molar-refractivity contribution in [3.63, 3.8) is 0 Å². The Kier molecular flexibility index (Phi) is 14.0. The van der Waals surface area contributed by atoms with Crippen LogP contribution in [0.3, 0.4) is 0 Å². The van der Waals surface area contributed by atoms with Gasteiger partial charge in [-0.15, -0.1) is 6.42 Å². The number of ketones is 1. The third-order valence-electron chi connectivity index (χ3n) is 2.79. The molecule has 2 aliphatic rings. The SMILES string of the molecule is C#CC1(O)CC(C)C1.CC1CC(=O)C1.[Br-].[C-]#C.[Mg+2]. The third kappa shape index (κ3) is 8.16. The average molecular weight is 324 g/mol. The number of carbonyl (C=O) groups is 1. The van der Waals surface area contributed by atoms with Gasteiger partial charge in [-0.25, -0.2) is 0 Å². The molecule has 0 aromatic rings. The Morgan fingerprint density at radius 2 is 1.67 bits per heavy atom. The van der Waals surface area contributed by atoms with E-state index in [0.717, 1.165) is 25.7 Å². The van der Waals surface area contributed by atoms with Crippen molar-refractivity contribution in [2.24, 2.45) is 11.8 Å². The summed E-state index contributed by atoms with van der Waals surface area (Å²) in [6, 6.07) is 0. The molecule has 0 aromatic heterocycles. The van der Waals surface area contributed by atoms with E-state index in [2.05, 4.69) is 26.2 Å². The summed E-state index contributed by atoms with van der Waals surface area (Å²) in [5.74, 6) is 4.11. The number of hydrogen-bond acceptors (Lipinski definition) is 2. The van der Waals surface area contributed by atoms with E-state index in [1.165, 1.54) is 0 Å². The molecule has 0 amide bonds. The Balaban J connectivity index is -0.000000204. The number of hydrogen-bond donors (Lipinski definition) is 1. The van der Waals surface area contributed by atoms with Crippen LogP contribution in [0.1, 0.15) is 39.5 Å². The summed E-state index contributed by atoms with van der Waals surface area (Å²) >= 11 is 0. The summed E-state index contributed by atoms with van der Waals surface area (Å²) in [6.07, 6.45) is 17.3. The molecule has 0 spiro atoms. The van der Waals surface area contributed by atoms with E-state index < -0.39 is 5.60 Å². The molecule has 0 heterocycles. The first-order valence-corrected chi connectivity index (χ1v) is 5.46. The molecule has 0 aliphatic heterocycles. The maximum Gasteiger partial charge on any atom is 2.00 e. The van der Waals surface area contributed by atoms with E-state index in [9.17, 15) is 4.79 Å². The first-order chi connectivity index (χ1) is 7.45. The second-order valence-corrected chi connectivity index (χ2v) is 4.74. The van der Waals surface area contributed by atoms with Crippen LogP contribution in [-0.4, -0.2) is 39.5 Å². The van der Waals surface area contributed by atoms with E-state index in [1.807, 2.05) is 0 Å². The largest absolute Gasteiger partial charge is 2.00 e. The van der Waals surface area contributed by atoms with Crippen LogP contribution in [0.2, 0.25) is 0 Å². The topological polar surface area (TPSA) is 37.3 Å². The summed E-state index contributed by atoms with van der Waals surface area (Å²) in [5.41, 5.74) is -0.737. The van der Waals surface area contributed by atoms with Gasteiger partial charge >= 0.3 is 23.1 Å². The molecule has 2 fully saturated rings. The van der Waals surface area contributed by atoms with Gasteiger partial charge in [0.15, 0.2) is 0 Å². The minimum absolute atomic E-state index is 0. The second kappa shape index (κ2) is 10.9. The standard InChI is InChI=1S/C7H10O.C5H8O.C2H.BrH.Mg/c1-3-7(8)4-6(2)5-7;1-4-2-5(6)3-4;1-2;;/h1,6,8H,4-5H2,2H3;4H,2-3H2,1H3;1H;1H;/q;;-1;;+2/p-1. The van der Waals surface area contributed by atoms with Crippen LogP contribution in [0.25, 0.3) is 0 Å². The minimum atomic E-state index is -0.737. The summed E-state index contributed by atoms with van der Waals surface area (Å²) in [4.78, 5) is 10.1. The van der Waals surface area contributed by atoms with Gasteiger partial charge in [0.25, 0.3) is 0 Å². The van der Waals surface area contributed by atoms with Crippen molar-refractivity contribution in [3.8, 4) is 18.8 Å². The molecule has 1 N–H and O–H groups in total. The second-order valence-electron chi connectivity index (χ2n) is 4.74. The summed E-state index contributed by atoms with van der Waals surface area (Å²) in [7, 11) is 0. The Hall–Kier alpha value is -0.00377. The molecule has 2 saturated carbocycles. The number of Topliss-reactive ketones (excluding diaryl/α,β-unsaturated/α-hetero) is 1. The summed E-state index contributed by atoms with van der Waals surface area (Å²) in [5, 5.41) is 9.15. The fourth-order valence-corrected chi connectivity index (χ4v) is 1.93. The molecule has 0 atom stereocenters. The maximum atomic E-state index is 10.1. The molecular weight excluding hydrogens is 304 g/mol. The number of halogens is 1. The predicted octanol–water partition coefficient (Wildman–Crippen LogP) is -1.40. The van der Waals surface area contributed by atoms with Gasteiger partial charge in [0.2, 0.25) is 0 Å². The smallest absolute Gasteiger partial charge is 1.00 e. The summed E-state index contributed by atoms with van der Waals surface area (Å²) < 4.78 is 0. The Bertz CT molecular complexity index is 293. The molecule has 4 heteroatoms. The van der Waals surface area contributed by atoms with Crippen molar-refractivity contribution in [1.29, 1.82) is 0 Å². The number of terminal acetylenes is 2. The van der Waals surface area contributed by atoms with Gasteiger partial charge in [-0.05, 0) is 24.7 Å². The van der Waals surface area contributed by atoms with Crippen molar-refractivity contribution in [2.45, 2.75) is 45.1 Å². The fraction of sp³-hybridized carbons (Fsp3) is 0.643. The Morgan fingerprint density at radius 3 is 1.72 bits per heavy atom. The average Bonchev–Trinajstić information content (AvgIpc) is 2.18. The molecule has 0 bridgehead atoms. The fourth-order valence-electron chi connectivity index (χ4n) is 1.93. The van der Waals surface area contributed by atoms with Crippen LogP contribution in [0.5, 0.6) is 0 Å². The van der Waals surface area contributed by atoms with Gasteiger partial charge in [-0.1, -0.05) is 19.8 Å². The van der Waals surface area contributed by atoms with Crippen LogP contribution < -0.4 is 17.0 Å². The molecule has 2 nitrogen and oxygen atoms in total. The van der Waals surface area contributed by atoms with Gasteiger partial charge in [0.1, 0.15) is 11.4 Å². The van der Waals surface area contributed by atoms with Gasteiger partial charge in [-0.2, -0.15) is 0 Å². The van der Waals surface area contributed by atoms with Crippen molar-refractivity contribution >= 4 is 28.8 Å². The zero-order valence-electron chi connectivity index (χ0n) is 11.1. The van der Waals surface area contributed by atoms with Gasteiger partial charge in [-0.3, -0.25) is 4.79 Å². The van der Waals surface area contributed by atoms with E-state index >= 15 is 0 Å². The van der Waals surface area contributed by atoms with Crippen molar-refractivity contribution < 1.29 is 26.9 Å². The monoisotopic (exact) mass is 322 g/mol. The molecule has 0 unspecified atom stereocenters. The van der Waals surface area contributed by atoms with Crippen molar-refractivity contribution in [1.82, 2.24) is 0 Å². The molecule has 0 aromatic carbocycles. The number of rotatable bonds is 0. The minimum Gasteiger partial charge on any atom is -1.00 e. The number of carbonyl (C=O) groups excluding carboxylic acids is 1. The van der Waals surface area contributed by atoms with Crippen LogP contribution in [0.15, 0.2) is 0 Å². The van der Waals surface area contributed by atoms with Crippen LogP contribution in [-0.2, 0) is 4.79 Å². The van der Waals surface area contributed by atoms with E-state index in [1.54, 1.807) is 0 Å². The maximum absolute atomic E-state index is 10.1. The first-order valence-electron chi connectivity index (χ1n) is 5.46. The quantitative estimate of drug-likeness (QED) is 0.338. The molecule has 96 valence electrons. The molecule has 18 heavy (non-hydrogen) atoms. The summed E-state index contributed by atoms with van der Waals surface area (Å²) in [6.45, 7) is 4.19. The Labute approximate surface area is 137 Å². The zero-order valence-corrected chi connectivity index (χ0v) is 14.1. The normalized spacial score (nSPS) is 28.0. The van der Waals surface area contributed by atoms with Crippen molar-refractivity contribution in [3.05, 3.63) is 6.42 Å². The van der Waals surface area contributed by atoms with Crippen molar-refractivity contribution in [2.75, 3.05) is 0 Å². The zero-order chi connectivity index (χ0) is 12.8. The van der Waals surface area contributed by atoms with Crippen LogP contribution in [0, 0.1) is 37.0 Å². The molecule has 2 rings (SSSR count).